The molecule has 3 unspecified atom stereocenters. The molecule has 1 aromatic carbocycles. The van der Waals surface area contributed by atoms with Crippen LogP contribution in [-0.2, 0) is 6.42 Å². The highest BCUT2D eigenvalue weighted by Crippen LogP contribution is 2.29. The van der Waals surface area contributed by atoms with Gasteiger partial charge in [-0.05, 0) is 56.8 Å². The molecule has 1 N–H and O–H groups in total. The molecule has 1 aliphatic heterocycles. The topological polar surface area (TPSA) is 15.3 Å². The summed E-state index contributed by atoms with van der Waals surface area (Å²) in [5.74, 6) is 0.688. The number of nitrogens with zero attached hydrogens (tertiary/aromatic N) is 1. The van der Waals surface area contributed by atoms with Gasteiger partial charge in [0.25, 0.3) is 0 Å². The molecule has 0 saturated carbocycles. The Morgan fingerprint density at radius 1 is 1.20 bits per heavy atom. The van der Waals surface area contributed by atoms with Crippen LogP contribution in [0.25, 0.3) is 0 Å². The standard InChI is InChI=1S/C18H30N2/c1-5-6-7-16-8-10-17(11-9-16)20-13-12-18(19-4)14(2)15(20)3/h8-11,14-15,18-19H,5-7,12-13H2,1-4H3. The molecule has 0 aromatic heterocycles. The van der Waals surface area contributed by atoms with E-state index in [0.29, 0.717) is 18.0 Å². The fraction of sp³-hybridized carbons (Fsp3) is 0.667. The zero-order chi connectivity index (χ0) is 14.5. The molecule has 1 saturated heterocycles. The molecule has 2 nitrogen and oxygen atoms in total. The van der Waals surface area contributed by atoms with Gasteiger partial charge in [0.05, 0.1) is 0 Å². The van der Waals surface area contributed by atoms with Crippen molar-refractivity contribution < 1.29 is 0 Å². The van der Waals surface area contributed by atoms with E-state index in [4.69, 9.17) is 0 Å². The van der Waals surface area contributed by atoms with Crippen molar-refractivity contribution in [2.24, 2.45) is 5.92 Å². The lowest BCUT2D eigenvalue weighted by atomic mass is 9.86. The van der Waals surface area contributed by atoms with Gasteiger partial charge in [-0.25, -0.2) is 0 Å². The lowest BCUT2D eigenvalue weighted by Crippen LogP contribution is -2.52. The summed E-state index contributed by atoms with van der Waals surface area (Å²) >= 11 is 0. The van der Waals surface area contributed by atoms with Crippen LogP contribution in [0.2, 0.25) is 0 Å². The summed E-state index contributed by atoms with van der Waals surface area (Å²) < 4.78 is 0. The number of hydrogen-bond donors (Lipinski definition) is 1. The molecule has 2 rings (SSSR count). The summed E-state index contributed by atoms with van der Waals surface area (Å²) in [5.41, 5.74) is 2.86. The second kappa shape index (κ2) is 7.12. The molecule has 0 spiro atoms. The number of anilines is 1. The van der Waals surface area contributed by atoms with Crippen LogP contribution in [0.15, 0.2) is 24.3 Å². The van der Waals surface area contributed by atoms with Gasteiger partial charge in [-0.1, -0.05) is 32.4 Å². The second-order valence-corrected chi connectivity index (χ2v) is 6.25. The van der Waals surface area contributed by atoms with Gasteiger partial charge in [-0.15, -0.1) is 0 Å². The molecule has 112 valence electrons. The van der Waals surface area contributed by atoms with Crippen molar-refractivity contribution >= 4 is 5.69 Å². The fourth-order valence-electron chi connectivity index (χ4n) is 3.37. The quantitative estimate of drug-likeness (QED) is 0.877. The third-order valence-corrected chi connectivity index (χ3v) is 5.03. The summed E-state index contributed by atoms with van der Waals surface area (Å²) in [4.78, 5) is 2.57. The van der Waals surface area contributed by atoms with E-state index in [0.717, 1.165) is 6.54 Å². The molecule has 1 fully saturated rings. The van der Waals surface area contributed by atoms with E-state index in [1.807, 2.05) is 0 Å². The predicted molar refractivity (Wildman–Crippen MR) is 88.5 cm³/mol. The highest BCUT2D eigenvalue weighted by molar-refractivity contribution is 5.49. The third-order valence-electron chi connectivity index (χ3n) is 5.03. The zero-order valence-corrected chi connectivity index (χ0v) is 13.5. The Kier molecular flexibility index (Phi) is 5.47. The van der Waals surface area contributed by atoms with Gasteiger partial charge >= 0.3 is 0 Å². The number of piperidine rings is 1. The first-order valence-corrected chi connectivity index (χ1v) is 8.20. The molecule has 1 aliphatic rings. The van der Waals surface area contributed by atoms with Crippen molar-refractivity contribution in [3.63, 3.8) is 0 Å². The second-order valence-electron chi connectivity index (χ2n) is 6.25. The largest absolute Gasteiger partial charge is 0.368 e. The molecule has 1 heterocycles. The normalized spacial score (nSPS) is 26.8. The predicted octanol–water partition coefficient (Wildman–Crippen LogP) is 3.85. The Hall–Kier alpha value is -1.02. The summed E-state index contributed by atoms with van der Waals surface area (Å²) in [6.07, 6.45) is 5.01. The minimum atomic E-state index is 0.600. The maximum Gasteiger partial charge on any atom is 0.0368 e. The summed E-state index contributed by atoms with van der Waals surface area (Å²) in [7, 11) is 2.09. The van der Waals surface area contributed by atoms with Crippen molar-refractivity contribution in [3.8, 4) is 0 Å². The van der Waals surface area contributed by atoms with Crippen molar-refractivity contribution in [1.82, 2.24) is 5.32 Å². The van der Waals surface area contributed by atoms with Gasteiger partial charge in [0.2, 0.25) is 0 Å². The van der Waals surface area contributed by atoms with Gasteiger partial charge in [0, 0.05) is 24.3 Å². The van der Waals surface area contributed by atoms with Crippen molar-refractivity contribution in [1.29, 1.82) is 0 Å². The first kappa shape index (κ1) is 15.4. The van der Waals surface area contributed by atoms with Gasteiger partial charge in [-0.3, -0.25) is 0 Å². The van der Waals surface area contributed by atoms with Crippen molar-refractivity contribution in [3.05, 3.63) is 29.8 Å². The van der Waals surface area contributed by atoms with E-state index in [2.05, 4.69) is 62.3 Å². The molecule has 0 amide bonds. The van der Waals surface area contributed by atoms with Crippen LogP contribution >= 0.6 is 0 Å². The first-order chi connectivity index (χ1) is 9.67. The van der Waals surface area contributed by atoms with E-state index in [1.165, 1.54) is 36.9 Å². The van der Waals surface area contributed by atoms with E-state index in [-0.39, 0.29) is 0 Å². The molecule has 1 aromatic rings. The summed E-state index contributed by atoms with van der Waals surface area (Å²) in [5, 5.41) is 3.46. The molecule has 3 atom stereocenters. The number of hydrogen-bond acceptors (Lipinski definition) is 2. The van der Waals surface area contributed by atoms with Gasteiger partial charge in [-0.2, -0.15) is 0 Å². The molecule has 20 heavy (non-hydrogen) atoms. The number of aryl methyl sites for hydroxylation is 1. The number of nitrogens with one attached hydrogen (secondary N) is 1. The van der Waals surface area contributed by atoms with Gasteiger partial charge in [0.1, 0.15) is 0 Å². The molecule has 0 aliphatic carbocycles. The fourth-order valence-corrected chi connectivity index (χ4v) is 3.37. The minimum Gasteiger partial charge on any atom is -0.368 e. The van der Waals surface area contributed by atoms with E-state index >= 15 is 0 Å². The van der Waals surface area contributed by atoms with Crippen LogP contribution in [0.4, 0.5) is 5.69 Å². The van der Waals surface area contributed by atoms with E-state index < -0.39 is 0 Å². The number of unbranched alkanes of at least 4 members (excludes halogenated alkanes) is 1. The van der Waals surface area contributed by atoms with Gasteiger partial charge in [0.15, 0.2) is 0 Å². The first-order valence-electron chi connectivity index (χ1n) is 8.20. The maximum atomic E-state index is 3.46. The highest BCUT2D eigenvalue weighted by atomic mass is 15.2. The smallest absolute Gasteiger partial charge is 0.0368 e. The number of rotatable bonds is 5. The SMILES string of the molecule is CCCCc1ccc(N2CCC(NC)C(C)C2C)cc1. The lowest BCUT2D eigenvalue weighted by Gasteiger charge is -2.44. The van der Waals surface area contributed by atoms with Crippen molar-refractivity contribution in [2.45, 2.75) is 58.5 Å². The average molecular weight is 274 g/mol. The van der Waals surface area contributed by atoms with Crippen LogP contribution in [-0.4, -0.2) is 25.7 Å². The average Bonchev–Trinajstić information content (AvgIpc) is 2.48. The lowest BCUT2D eigenvalue weighted by molar-refractivity contribution is 0.283. The highest BCUT2D eigenvalue weighted by Gasteiger charge is 2.31. The Labute approximate surface area is 124 Å². The number of benzene rings is 1. The van der Waals surface area contributed by atoms with Crippen LogP contribution in [0.5, 0.6) is 0 Å². The van der Waals surface area contributed by atoms with E-state index in [1.54, 1.807) is 0 Å². The Bertz CT molecular complexity index is 398. The van der Waals surface area contributed by atoms with Crippen LogP contribution in [0.1, 0.15) is 45.6 Å². The van der Waals surface area contributed by atoms with Crippen LogP contribution in [0, 0.1) is 5.92 Å². The minimum absolute atomic E-state index is 0.600. The monoisotopic (exact) mass is 274 g/mol. The van der Waals surface area contributed by atoms with Crippen LogP contribution < -0.4 is 10.2 Å². The zero-order valence-electron chi connectivity index (χ0n) is 13.5. The molecule has 0 radical (unpaired) electrons. The van der Waals surface area contributed by atoms with Crippen LogP contribution in [0.3, 0.4) is 0 Å². The molecular formula is C18H30N2. The van der Waals surface area contributed by atoms with Gasteiger partial charge < -0.3 is 10.2 Å². The van der Waals surface area contributed by atoms with E-state index in [9.17, 15) is 0 Å². The van der Waals surface area contributed by atoms with Crippen molar-refractivity contribution in [2.75, 3.05) is 18.5 Å². The molecule has 2 heteroatoms. The molecular weight excluding hydrogens is 244 g/mol. The Balaban J connectivity index is 2.04. The Morgan fingerprint density at radius 2 is 1.90 bits per heavy atom. The summed E-state index contributed by atoms with van der Waals surface area (Å²) in [6.45, 7) is 8.14. The molecule has 0 bridgehead atoms. The summed E-state index contributed by atoms with van der Waals surface area (Å²) in [6, 6.07) is 10.5. The maximum absolute atomic E-state index is 3.46. The third kappa shape index (κ3) is 3.35. The Morgan fingerprint density at radius 3 is 2.50 bits per heavy atom.